The van der Waals surface area contributed by atoms with Crippen LogP contribution in [0.1, 0.15) is 44.9 Å². The number of amides is 4. The van der Waals surface area contributed by atoms with Crippen LogP contribution in [-0.4, -0.2) is 43.3 Å². The summed E-state index contributed by atoms with van der Waals surface area (Å²) >= 11 is 0. The second-order valence-corrected chi connectivity index (χ2v) is 6.27. The van der Waals surface area contributed by atoms with Crippen LogP contribution in [0.3, 0.4) is 0 Å². The highest BCUT2D eigenvalue weighted by molar-refractivity contribution is 6.34. The third-order valence-corrected chi connectivity index (χ3v) is 4.34. The molecule has 1 aliphatic heterocycles. The molecule has 150 valence electrons. The summed E-state index contributed by atoms with van der Waals surface area (Å²) in [7, 11) is 0. The van der Waals surface area contributed by atoms with Gasteiger partial charge in [-0.25, -0.2) is 4.90 Å². The Morgan fingerprint density at radius 1 is 0.931 bits per heavy atom. The number of anilines is 1. The Balaban J connectivity index is 1.79. The van der Waals surface area contributed by atoms with Crippen molar-refractivity contribution in [3.8, 4) is 5.75 Å². The lowest BCUT2D eigenvalue weighted by Gasteiger charge is -2.14. The van der Waals surface area contributed by atoms with Gasteiger partial charge in [-0.15, -0.1) is 0 Å². The third-order valence-electron chi connectivity index (χ3n) is 4.34. The lowest BCUT2D eigenvalue weighted by Crippen LogP contribution is -2.36. The first-order valence-corrected chi connectivity index (χ1v) is 9.26. The molecule has 29 heavy (non-hydrogen) atoms. The first kappa shape index (κ1) is 20.1. The number of nitrogens with one attached hydrogen (secondary N) is 2. The van der Waals surface area contributed by atoms with E-state index in [1.165, 1.54) is 18.2 Å². The molecule has 0 aromatic heterocycles. The van der Waals surface area contributed by atoms with Gasteiger partial charge in [-0.1, -0.05) is 0 Å². The largest absolute Gasteiger partial charge is 0.494 e. The predicted molar refractivity (Wildman–Crippen MR) is 106 cm³/mol. The van der Waals surface area contributed by atoms with Gasteiger partial charge in [0.15, 0.2) is 0 Å². The van der Waals surface area contributed by atoms with Crippen LogP contribution in [-0.2, 0) is 4.79 Å². The van der Waals surface area contributed by atoms with Crippen LogP contribution in [0.4, 0.5) is 5.69 Å². The van der Waals surface area contributed by atoms with Crippen molar-refractivity contribution in [2.24, 2.45) is 0 Å². The fourth-order valence-corrected chi connectivity index (χ4v) is 3.00. The number of imide groups is 1. The minimum Gasteiger partial charge on any atom is -0.494 e. The molecular weight excluding hydrogens is 374 g/mol. The van der Waals surface area contributed by atoms with E-state index in [1.807, 2.05) is 6.92 Å². The van der Waals surface area contributed by atoms with Gasteiger partial charge in [0.2, 0.25) is 5.91 Å². The second kappa shape index (κ2) is 8.55. The van der Waals surface area contributed by atoms with E-state index in [1.54, 1.807) is 31.2 Å². The summed E-state index contributed by atoms with van der Waals surface area (Å²) in [6.07, 6.45) is 0. The number of ether oxygens (including phenoxy) is 1. The molecule has 0 bridgehead atoms. The normalized spacial score (nSPS) is 12.6. The average Bonchev–Trinajstić information content (AvgIpc) is 2.97. The van der Waals surface area contributed by atoms with E-state index in [2.05, 4.69) is 10.6 Å². The Morgan fingerprint density at radius 3 is 2.28 bits per heavy atom. The van der Waals surface area contributed by atoms with E-state index >= 15 is 0 Å². The maximum atomic E-state index is 12.8. The van der Waals surface area contributed by atoms with Gasteiger partial charge in [0, 0.05) is 12.1 Å². The van der Waals surface area contributed by atoms with Gasteiger partial charge in [-0.2, -0.15) is 0 Å². The molecule has 0 aliphatic carbocycles. The van der Waals surface area contributed by atoms with Crippen molar-refractivity contribution < 1.29 is 23.9 Å². The Hall–Kier alpha value is -3.68. The summed E-state index contributed by atoms with van der Waals surface area (Å²) < 4.78 is 5.37. The highest BCUT2D eigenvalue weighted by Crippen LogP contribution is 2.30. The number of benzene rings is 2. The molecule has 0 saturated heterocycles. The lowest BCUT2D eigenvalue weighted by atomic mass is 10.1. The summed E-state index contributed by atoms with van der Waals surface area (Å²) in [6.45, 7) is 4.44. The topological polar surface area (TPSA) is 105 Å². The zero-order valence-electron chi connectivity index (χ0n) is 16.2. The van der Waals surface area contributed by atoms with Gasteiger partial charge in [0.05, 0.1) is 30.0 Å². The van der Waals surface area contributed by atoms with Gasteiger partial charge in [-0.3, -0.25) is 19.2 Å². The fraction of sp³-hybridized carbons (Fsp3) is 0.238. The molecular formula is C21H21N3O5. The zero-order valence-corrected chi connectivity index (χ0v) is 16.2. The molecule has 8 nitrogen and oxygen atoms in total. The summed E-state index contributed by atoms with van der Waals surface area (Å²) in [6, 6.07) is 10.9. The molecule has 0 unspecified atom stereocenters. The van der Waals surface area contributed by atoms with Crippen molar-refractivity contribution in [3.63, 3.8) is 0 Å². The maximum absolute atomic E-state index is 12.8. The van der Waals surface area contributed by atoms with Crippen LogP contribution < -0.4 is 20.3 Å². The van der Waals surface area contributed by atoms with Crippen molar-refractivity contribution in [1.82, 2.24) is 10.6 Å². The molecule has 0 fully saturated rings. The number of hydrogen-bond acceptors (Lipinski definition) is 5. The molecule has 3 rings (SSSR count). The van der Waals surface area contributed by atoms with E-state index in [9.17, 15) is 19.2 Å². The van der Waals surface area contributed by atoms with Crippen molar-refractivity contribution in [2.75, 3.05) is 24.6 Å². The molecule has 0 spiro atoms. The Morgan fingerprint density at radius 2 is 1.62 bits per heavy atom. The standard InChI is InChI=1S/C21H21N3O5/c1-3-22-18(25)12-23-19(26)13-5-10-16-17(11-13)21(28)24(20(16)27)14-6-8-15(9-7-14)29-4-2/h5-11H,3-4,12H2,1-2H3,(H,22,25)(H,23,26). The third kappa shape index (κ3) is 4.11. The van der Waals surface area contributed by atoms with Gasteiger partial charge < -0.3 is 15.4 Å². The Labute approximate surface area is 167 Å². The minimum absolute atomic E-state index is 0.148. The van der Waals surface area contributed by atoms with E-state index in [4.69, 9.17) is 4.74 Å². The molecule has 8 heteroatoms. The van der Waals surface area contributed by atoms with Gasteiger partial charge in [0.1, 0.15) is 5.75 Å². The van der Waals surface area contributed by atoms with Crippen LogP contribution in [0, 0.1) is 0 Å². The first-order chi connectivity index (χ1) is 14.0. The minimum atomic E-state index is -0.507. The number of nitrogens with zero attached hydrogens (tertiary/aromatic N) is 1. The Kier molecular flexibility index (Phi) is 5.92. The van der Waals surface area contributed by atoms with Crippen LogP contribution in [0.2, 0.25) is 0 Å². The van der Waals surface area contributed by atoms with Crippen molar-refractivity contribution in [2.45, 2.75) is 13.8 Å². The van der Waals surface area contributed by atoms with E-state index in [0.29, 0.717) is 24.6 Å². The summed E-state index contributed by atoms with van der Waals surface area (Å²) in [4.78, 5) is 50.4. The smallest absolute Gasteiger partial charge is 0.266 e. The fourth-order valence-electron chi connectivity index (χ4n) is 3.00. The van der Waals surface area contributed by atoms with Crippen LogP contribution in [0.15, 0.2) is 42.5 Å². The zero-order chi connectivity index (χ0) is 21.0. The van der Waals surface area contributed by atoms with Crippen molar-refractivity contribution in [3.05, 3.63) is 59.2 Å². The van der Waals surface area contributed by atoms with Gasteiger partial charge in [-0.05, 0) is 56.3 Å². The van der Waals surface area contributed by atoms with E-state index < -0.39 is 17.7 Å². The maximum Gasteiger partial charge on any atom is 0.266 e. The molecule has 1 heterocycles. The molecule has 2 N–H and O–H groups in total. The number of rotatable bonds is 7. The van der Waals surface area contributed by atoms with E-state index in [0.717, 1.165) is 4.90 Å². The molecule has 4 amide bonds. The predicted octanol–water partition coefficient (Wildman–Crippen LogP) is 1.75. The van der Waals surface area contributed by atoms with Crippen molar-refractivity contribution in [1.29, 1.82) is 0 Å². The monoisotopic (exact) mass is 395 g/mol. The highest BCUT2D eigenvalue weighted by atomic mass is 16.5. The van der Waals surface area contributed by atoms with Crippen LogP contribution in [0.5, 0.6) is 5.75 Å². The molecule has 2 aromatic rings. The lowest BCUT2D eigenvalue weighted by molar-refractivity contribution is -0.120. The summed E-state index contributed by atoms with van der Waals surface area (Å²) in [5, 5.41) is 5.06. The molecule has 2 aromatic carbocycles. The van der Waals surface area contributed by atoms with Crippen molar-refractivity contribution >= 4 is 29.3 Å². The number of likely N-dealkylation sites (N-methyl/N-ethyl adjacent to an activating group) is 1. The molecule has 0 atom stereocenters. The number of fused-ring (bicyclic) bond motifs is 1. The van der Waals surface area contributed by atoms with Crippen LogP contribution >= 0.6 is 0 Å². The summed E-state index contributed by atoms with van der Waals surface area (Å²) in [5.41, 5.74) is 0.989. The molecule has 0 saturated carbocycles. The molecule has 0 radical (unpaired) electrons. The first-order valence-electron chi connectivity index (χ1n) is 9.26. The van der Waals surface area contributed by atoms with Gasteiger partial charge in [0.25, 0.3) is 17.7 Å². The SMILES string of the molecule is CCNC(=O)CNC(=O)c1ccc2c(c1)C(=O)N(c1ccc(OCC)cc1)C2=O. The highest BCUT2D eigenvalue weighted by Gasteiger charge is 2.37. The van der Waals surface area contributed by atoms with Gasteiger partial charge >= 0.3 is 0 Å². The summed E-state index contributed by atoms with van der Waals surface area (Å²) in [5.74, 6) is -1.14. The molecule has 1 aliphatic rings. The number of carbonyl (C=O) groups excluding carboxylic acids is 4. The number of carbonyl (C=O) groups is 4. The average molecular weight is 395 g/mol. The Bertz CT molecular complexity index is 969. The number of hydrogen-bond donors (Lipinski definition) is 2. The quantitative estimate of drug-likeness (QED) is 0.695. The van der Waals surface area contributed by atoms with Crippen LogP contribution in [0.25, 0.3) is 0 Å². The van der Waals surface area contributed by atoms with E-state index in [-0.39, 0.29) is 29.1 Å². The second-order valence-electron chi connectivity index (χ2n) is 6.27.